The van der Waals surface area contributed by atoms with Gasteiger partial charge in [0.1, 0.15) is 0 Å². The summed E-state index contributed by atoms with van der Waals surface area (Å²) in [6, 6.07) is 4.23. The summed E-state index contributed by atoms with van der Waals surface area (Å²) in [5.41, 5.74) is 0.409. The second kappa shape index (κ2) is 7.39. The van der Waals surface area contributed by atoms with Crippen LogP contribution in [0.1, 0.15) is 17.3 Å². The second-order valence-corrected chi connectivity index (χ2v) is 6.46. The molecule has 116 valence electrons. The van der Waals surface area contributed by atoms with E-state index >= 15 is 0 Å². The molecule has 1 aromatic carbocycles. The molecule has 0 aliphatic heterocycles. The minimum atomic E-state index is -3.46. The lowest BCUT2D eigenvalue weighted by Crippen LogP contribution is -2.33. The van der Waals surface area contributed by atoms with Gasteiger partial charge < -0.3 is 10.1 Å². The molecule has 0 aromatic heterocycles. The van der Waals surface area contributed by atoms with Crippen LogP contribution in [0.3, 0.4) is 0 Å². The molecule has 0 spiro atoms. The highest BCUT2D eigenvalue weighted by Crippen LogP contribution is 2.23. The Morgan fingerprint density at radius 1 is 1.33 bits per heavy atom. The molecule has 1 amide bonds. The summed E-state index contributed by atoms with van der Waals surface area (Å²) >= 11 is 5.90. The highest BCUT2D eigenvalue weighted by atomic mass is 35.5. The number of sulfonamides is 1. The molecule has 21 heavy (non-hydrogen) atoms. The van der Waals surface area contributed by atoms with Crippen molar-refractivity contribution in [3.8, 4) is 0 Å². The number of carbonyl (C=O) groups is 2. The lowest BCUT2D eigenvalue weighted by molar-refractivity contribution is -0.115. The van der Waals surface area contributed by atoms with E-state index in [0.29, 0.717) is 0 Å². The van der Waals surface area contributed by atoms with Gasteiger partial charge in [0.25, 0.3) is 0 Å². The minimum Gasteiger partial charge on any atom is -0.465 e. The SMILES string of the molecule is CCS(=O)(=O)NCC(=O)Nc1cc(C(=O)OC)ccc1Cl. The number of hydrogen-bond donors (Lipinski definition) is 2. The number of esters is 1. The summed E-state index contributed by atoms with van der Waals surface area (Å²) in [5, 5.41) is 2.64. The predicted octanol–water partition coefficient (Wildman–Crippen LogP) is 1.00. The molecule has 0 saturated carbocycles. The third-order valence-corrected chi connectivity index (χ3v) is 4.17. The van der Waals surface area contributed by atoms with E-state index in [0.717, 1.165) is 0 Å². The number of halogens is 1. The molecule has 0 atom stereocenters. The van der Waals surface area contributed by atoms with E-state index in [1.807, 2.05) is 0 Å². The van der Waals surface area contributed by atoms with Gasteiger partial charge in [-0.2, -0.15) is 0 Å². The quantitative estimate of drug-likeness (QED) is 0.756. The van der Waals surface area contributed by atoms with Gasteiger partial charge in [-0.25, -0.2) is 17.9 Å². The summed E-state index contributed by atoms with van der Waals surface area (Å²) in [5.74, 6) is -1.30. The number of rotatable bonds is 6. The van der Waals surface area contributed by atoms with Gasteiger partial charge in [0.2, 0.25) is 15.9 Å². The van der Waals surface area contributed by atoms with Crippen molar-refractivity contribution in [3.05, 3.63) is 28.8 Å². The zero-order valence-electron chi connectivity index (χ0n) is 11.5. The Balaban J connectivity index is 2.78. The Bertz CT molecular complexity index is 645. The first-order valence-corrected chi connectivity index (χ1v) is 7.97. The number of methoxy groups -OCH3 is 1. The van der Waals surface area contributed by atoms with Crippen LogP contribution < -0.4 is 10.0 Å². The van der Waals surface area contributed by atoms with Gasteiger partial charge >= 0.3 is 5.97 Å². The molecule has 1 rings (SSSR count). The van der Waals surface area contributed by atoms with E-state index < -0.39 is 28.4 Å². The maximum atomic E-state index is 11.7. The first-order chi connectivity index (χ1) is 9.79. The smallest absolute Gasteiger partial charge is 0.337 e. The second-order valence-electron chi connectivity index (χ2n) is 3.96. The Morgan fingerprint density at radius 3 is 2.57 bits per heavy atom. The van der Waals surface area contributed by atoms with E-state index in [1.54, 1.807) is 0 Å². The Morgan fingerprint density at radius 2 is 2.00 bits per heavy atom. The Hall–Kier alpha value is -1.64. The number of hydrogen-bond acceptors (Lipinski definition) is 5. The number of ether oxygens (including phenoxy) is 1. The number of nitrogens with one attached hydrogen (secondary N) is 2. The Kier molecular flexibility index (Phi) is 6.13. The average molecular weight is 335 g/mol. The molecule has 0 radical (unpaired) electrons. The van der Waals surface area contributed by atoms with Crippen LogP contribution in [0.25, 0.3) is 0 Å². The lowest BCUT2D eigenvalue weighted by atomic mass is 10.2. The fourth-order valence-corrected chi connectivity index (χ4v) is 2.06. The molecule has 0 bridgehead atoms. The topological polar surface area (TPSA) is 102 Å². The molecule has 7 nitrogen and oxygen atoms in total. The zero-order valence-corrected chi connectivity index (χ0v) is 13.0. The number of carbonyl (C=O) groups excluding carboxylic acids is 2. The van der Waals surface area contributed by atoms with Gasteiger partial charge in [-0.05, 0) is 25.1 Å². The lowest BCUT2D eigenvalue weighted by Gasteiger charge is -2.09. The third-order valence-electron chi connectivity index (χ3n) is 2.49. The summed E-state index contributed by atoms with van der Waals surface area (Å²) in [4.78, 5) is 23.1. The molecule has 2 N–H and O–H groups in total. The van der Waals surface area contributed by atoms with Crippen LogP contribution in [0.15, 0.2) is 18.2 Å². The molecule has 0 fully saturated rings. The van der Waals surface area contributed by atoms with Gasteiger partial charge in [-0.3, -0.25) is 4.79 Å². The first-order valence-electron chi connectivity index (χ1n) is 5.94. The van der Waals surface area contributed by atoms with Crippen molar-refractivity contribution in [2.24, 2.45) is 0 Å². The van der Waals surface area contributed by atoms with Crippen molar-refractivity contribution in [1.82, 2.24) is 4.72 Å². The predicted molar refractivity (Wildman–Crippen MR) is 78.9 cm³/mol. The van der Waals surface area contributed by atoms with E-state index in [1.165, 1.54) is 32.2 Å². The van der Waals surface area contributed by atoms with Gasteiger partial charge in [-0.1, -0.05) is 11.6 Å². The molecule has 0 unspecified atom stereocenters. The van der Waals surface area contributed by atoms with E-state index in [2.05, 4.69) is 14.8 Å². The first kappa shape index (κ1) is 17.4. The van der Waals surface area contributed by atoms with Gasteiger partial charge in [0.15, 0.2) is 0 Å². The molecule has 0 saturated heterocycles. The standard InChI is InChI=1S/C12H15ClN2O5S/c1-3-21(18,19)14-7-11(16)15-10-6-8(12(17)20-2)4-5-9(10)13/h4-6,14H,3,7H2,1-2H3,(H,15,16). The number of anilines is 1. The van der Waals surface area contributed by atoms with Crippen molar-refractivity contribution in [2.75, 3.05) is 24.7 Å². The van der Waals surface area contributed by atoms with Gasteiger partial charge in [-0.15, -0.1) is 0 Å². The molecule has 9 heteroatoms. The summed E-state index contributed by atoms with van der Waals surface area (Å²) < 4.78 is 29.1. The number of benzene rings is 1. The Labute approximate surface area is 127 Å². The van der Waals surface area contributed by atoms with Crippen molar-refractivity contribution >= 4 is 39.2 Å². The molecule has 0 aliphatic rings. The maximum Gasteiger partial charge on any atom is 0.337 e. The molecule has 0 aliphatic carbocycles. The van der Waals surface area contributed by atoms with Gasteiger partial charge in [0, 0.05) is 0 Å². The van der Waals surface area contributed by atoms with Crippen LogP contribution in [0, 0.1) is 0 Å². The van der Waals surface area contributed by atoms with Crippen LogP contribution >= 0.6 is 11.6 Å². The summed E-state index contributed by atoms with van der Waals surface area (Å²) in [6.07, 6.45) is 0. The van der Waals surface area contributed by atoms with Crippen molar-refractivity contribution < 1.29 is 22.7 Å². The molecular formula is C12H15ClN2O5S. The maximum absolute atomic E-state index is 11.7. The third kappa shape index (κ3) is 5.33. The molecule has 0 heterocycles. The van der Waals surface area contributed by atoms with Crippen LogP contribution in [0.2, 0.25) is 5.02 Å². The zero-order chi connectivity index (χ0) is 16.0. The van der Waals surface area contributed by atoms with Crippen molar-refractivity contribution in [2.45, 2.75) is 6.92 Å². The molecular weight excluding hydrogens is 320 g/mol. The highest BCUT2D eigenvalue weighted by Gasteiger charge is 2.13. The largest absolute Gasteiger partial charge is 0.465 e. The van der Waals surface area contributed by atoms with Crippen molar-refractivity contribution in [3.63, 3.8) is 0 Å². The highest BCUT2D eigenvalue weighted by molar-refractivity contribution is 7.89. The molecule has 1 aromatic rings. The van der Waals surface area contributed by atoms with Crippen molar-refractivity contribution in [1.29, 1.82) is 0 Å². The van der Waals surface area contributed by atoms with Crippen LogP contribution in [0.4, 0.5) is 5.69 Å². The summed E-state index contributed by atoms with van der Waals surface area (Å²) in [6.45, 7) is 1.03. The van der Waals surface area contributed by atoms with E-state index in [9.17, 15) is 18.0 Å². The monoisotopic (exact) mass is 334 g/mol. The van der Waals surface area contributed by atoms with E-state index in [4.69, 9.17) is 11.6 Å². The van der Waals surface area contributed by atoms with Crippen LogP contribution in [-0.4, -0.2) is 39.7 Å². The average Bonchev–Trinajstić information content (AvgIpc) is 2.46. The van der Waals surface area contributed by atoms with Crippen LogP contribution in [-0.2, 0) is 19.6 Å². The fourth-order valence-electron chi connectivity index (χ4n) is 1.34. The van der Waals surface area contributed by atoms with Crippen LogP contribution in [0.5, 0.6) is 0 Å². The normalized spacial score (nSPS) is 11.0. The van der Waals surface area contributed by atoms with Gasteiger partial charge in [0.05, 0.1) is 35.7 Å². The minimum absolute atomic E-state index is 0.126. The number of amides is 1. The summed E-state index contributed by atoms with van der Waals surface area (Å²) in [7, 11) is -2.23. The fraction of sp³-hybridized carbons (Fsp3) is 0.333. The van der Waals surface area contributed by atoms with E-state index in [-0.39, 0.29) is 22.0 Å².